The summed E-state index contributed by atoms with van der Waals surface area (Å²) in [5.74, 6) is -0.659. The first kappa shape index (κ1) is 17.9. The quantitative estimate of drug-likeness (QED) is 0.800. The molecule has 0 radical (unpaired) electrons. The summed E-state index contributed by atoms with van der Waals surface area (Å²) >= 11 is 0. The molecule has 1 fully saturated rings. The van der Waals surface area contributed by atoms with E-state index in [0.717, 1.165) is 19.4 Å². The highest BCUT2D eigenvalue weighted by Crippen LogP contribution is 2.17. The smallest absolute Gasteiger partial charge is 0.339 e. The van der Waals surface area contributed by atoms with Crippen molar-refractivity contribution in [3.8, 4) is 0 Å². The number of nitrogens with one attached hydrogen (secondary N) is 2. The van der Waals surface area contributed by atoms with Crippen LogP contribution >= 0.6 is 12.4 Å². The molecule has 2 N–H and O–H groups in total. The molecule has 118 valence electrons. The standard InChI is InChI=1S/C13H18N2O4S.ClH/c1-19-13(16)11-6-2-3-7-12(11)20(17,18)15-10-5-4-8-14-9-10;/h2-3,6-7,10,14-15H,4-5,8-9H2,1H3;1H/t10-;/m1./s1. The van der Waals surface area contributed by atoms with Crippen LogP contribution in [0, 0.1) is 0 Å². The van der Waals surface area contributed by atoms with Crippen LogP contribution in [0.3, 0.4) is 0 Å². The van der Waals surface area contributed by atoms with Crippen LogP contribution in [0.1, 0.15) is 23.2 Å². The first-order valence-electron chi connectivity index (χ1n) is 6.45. The average Bonchev–Trinajstić information content (AvgIpc) is 2.47. The Bertz CT molecular complexity index is 586. The van der Waals surface area contributed by atoms with Gasteiger partial charge in [-0.2, -0.15) is 0 Å². The van der Waals surface area contributed by atoms with Gasteiger partial charge in [0.05, 0.1) is 17.6 Å². The molecule has 6 nitrogen and oxygen atoms in total. The largest absolute Gasteiger partial charge is 0.465 e. The van der Waals surface area contributed by atoms with Crippen molar-refractivity contribution >= 4 is 28.4 Å². The number of sulfonamides is 1. The monoisotopic (exact) mass is 334 g/mol. The minimum atomic E-state index is -3.74. The molecule has 1 aliphatic heterocycles. The van der Waals surface area contributed by atoms with E-state index in [2.05, 4.69) is 14.8 Å². The van der Waals surface area contributed by atoms with Crippen molar-refractivity contribution < 1.29 is 17.9 Å². The molecule has 0 bridgehead atoms. The molecule has 0 aromatic heterocycles. The van der Waals surface area contributed by atoms with Crippen molar-refractivity contribution in [2.75, 3.05) is 20.2 Å². The Kier molecular flexibility index (Phi) is 6.60. The Hall–Kier alpha value is -1.15. The second-order valence-electron chi connectivity index (χ2n) is 4.65. The molecule has 2 rings (SSSR count). The Labute approximate surface area is 130 Å². The minimum Gasteiger partial charge on any atom is -0.465 e. The number of piperidine rings is 1. The molecule has 1 aromatic rings. The molecule has 1 aliphatic rings. The van der Waals surface area contributed by atoms with Crippen LogP contribution in [0.15, 0.2) is 29.2 Å². The average molecular weight is 335 g/mol. The molecule has 0 amide bonds. The van der Waals surface area contributed by atoms with Gasteiger partial charge in [-0.3, -0.25) is 0 Å². The summed E-state index contributed by atoms with van der Waals surface area (Å²) in [4.78, 5) is 11.6. The summed E-state index contributed by atoms with van der Waals surface area (Å²) in [6.45, 7) is 1.50. The first-order valence-corrected chi connectivity index (χ1v) is 7.93. The van der Waals surface area contributed by atoms with Gasteiger partial charge in [0.25, 0.3) is 0 Å². The zero-order chi connectivity index (χ0) is 14.6. The maximum atomic E-state index is 12.4. The van der Waals surface area contributed by atoms with Gasteiger partial charge in [-0.1, -0.05) is 12.1 Å². The molecule has 21 heavy (non-hydrogen) atoms. The molecule has 1 aromatic carbocycles. The molecule has 1 saturated heterocycles. The molecular weight excluding hydrogens is 316 g/mol. The molecular formula is C13H19ClN2O4S. The summed E-state index contributed by atoms with van der Waals surface area (Å²) in [7, 11) is -2.51. The third-order valence-electron chi connectivity index (χ3n) is 3.20. The SMILES string of the molecule is COC(=O)c1ccccc1S(=O)(=O)N[C@@H]1CCCNC1.Cl. The maximum Gasteiger partial charge on any atom is 0.339 e. The van der Waals surface area contributed by atoms with Crippen molar-refractivity contribution in [3.63, 3.8) is 0 Å². The maximum absolute atomic E-state index is 12.4. The van der Waals surface area contributed by atoms with E-state index >= 15 is 0 Å². The second kappa shape index (κ2) is 7.74. The Morgan fingerprint density at radius 1 is 1.38 bits per heavy atom. The number of hydrogen-bond acceptors (Lipinski definition) is 5. The van der Waals surface area contributed by atoms with E-state index in [1.54, 1.807) is 12.1 Å². The van der Waals surface area contributed by atoms with Gasteiger partial charge in [0, 0.05) is 12.6 Å². The lowest BCUT2D eigenvalue weighted by Gasteiger charge is -2.24. The van der Waals surface area contributed by atoms with E-state index in [0.29, 0.717) is 6.54 Å². The summed E-state index contributed by atoms with van der Waals surface area (Å²) in [6.07, 6.45) is 1.71. The lowest BCUT2D eigenvalue weighted by atomic mass is 10.1. The molecule has 1 atom stereocenters. The fraction of sp³-hybridized carbons (Fsp3) is 0.462. The van der Waals surface area contributed by atoms with Gasteiger partial charge in [0.1, 0.15) is 0 Å². The third-order valence-corrected chi connectivity index (χ3v) is 4.78. The highest BCUT2D eigenvalue weighted by atomic mass is 35.5. The molecule has 8 heteroatoms. The van der Waals surface area contributed by atoms with Gasteiger partial charge in [-0.15, -0.1) is 12.4 Å². The van der Waals surface area contributed by atoms with Crippen molar-refractivity contribution in [3.05, 3.63) is 29.8 Å². The number of esters is 1. The summed E-state index contributed by atoms with van der Waals surface area (Å²) in [5.41, 5.74) is 0.0475. The first-order chi connectivity index (χ1) is 9.54. The van der Waals surface area contributed by atoms with Crippen LogP contribution in [0.5, 0.6) is 0 Å². The van der Waals surface area contributed by atoms with Crippen LogP contribution in [-0.2, 0) is 14.8 Å². The number of rotatable bonds is 4. The Morgan fingerprint density at radius 3 is 2.71 bits per heavy atom. The van der Waals surface area contributed by atoms with Crippen LogP contribution in [0.25, 0.3) is 0 Å². The van der Waals surface area contributed by atoms with Gasteiger partial charge in [-0.25, -0.2) is 17.9 Å². The van der Waals surface area contributed by atoms with E-state index in [-0.39, 0.29) is 28.9 Å². The van der Waals surface area contributed by atoms with Gasteiger partial charge in [0.2, 0.25) is 10.0 Å². The van der Waals surface area contributed by atoms with E-state index in [1.165, 1.54) is 19.2 Å². The second-order valence-corrected chi connectivity index (χ2v) is 6.33. The topological polar surface area (TPSA) is 84.5 Å². The lowest BCUT2D eigenvalue weighted by molar-refractivity contribution is 0.0596. The van der Waals surface area contributed by atoms with Crippen LogP contribution < -0.4 is 10.0 Å². The van der Waals surface area contributed by atoms with Crippen molar-refractivity contribution in [1.82, 2.24) is 10.0 Å². The number of ether oxygens (including phenoxy) is 1. The molecule has 0 aliphatic carbocycles. The van der Waals surface area contributed by atoms with Crippen LogP contribution in [0.2, 0.25) is 0 Å². The van der Waals surface area contributed by atoms with Gasteiger partial charge < -0.3 is 10.1 Å². The van der Waals surface area contributed by atoms with Crippen molar-refractivity contribution in [2.45, 2.75) is 23.8 Å². The lowest BCUT2D eigenvalue weighted by Crippen LogP contribution is -2.45. The van der Waals surface area contributed by atoms with Crippen molar-refractivity contribution in [1.29, 1.82) is 0 Å². The van der Waals surface area contributed by atoms with Gasteiger partial charge >= 0.3 is 5.97 Å². The number of carbonyl (C=O) groups is 1. The zero-order valence-corrected chi connectivity index (χ0v) is 13.3. The highest BCUT2D eigenvalue weighted by Gasteiger charge is 2.26. The molecule has 1 heterocycles. The Balaban J connectivity index is 0.00000220. The predicted molar refractivity (Wildman–Crippen MR) is 81.2 cm³/mol. The third kappa shape index (κ3) is 4.41. The van der Waals surface area contributed by atoms with E-state index in [4.69, 9.17) is 0 Å². The van der Waals surface area contributed by atoms with Crippen LogP contribution in [-0.4, -0.2) is 40.6 Å². The Morgan fingerprint density at radius 2 is 2.10 bits per heavy atom. The fourth-order valence-electron chi connectivity index (χ4n) is 2.21. The summed E-state index contributed by atoms with van der Waals surface area (Å²) < 4.78 is 32.0. The van der Waals surface area contributed by atoms with Gasteiger partial charge in [0.15, 0.2) is 0 Å². The number of carbonyl (C=O) groups excluding carboxylic acids is 1. The molecule has 0 saturated carbocycles. The van der Waals surface area contributed by atoms with E-state index in [9.17, 15) is 13.2 Å². The van der Waals surface area contributed by atoms with Crippen LogP contribution in [0.4, 0.5) is 0 Å². The predicted octanol–water partition coefficient (Wildman–Crippen LogP) is 0.925. The molecule has 0 spiro atoms. The van der Waals surface area contributed by atoms with E-state index in [1.807, 2.05) is 0 Å². The number of methoxy groups -OCH3 is 1. The van der Waals surface area contributed by atoms with E-state index < -0.39 is 16.0 Å². The van der Waals surface area contributed by atoms with Crippen molar-refractivity contribution in [2.24, 2.45) is 0 Å². The zero-order valence-electron chi connectivity index (χ0n) is 11.7. The number of benzene rings is 1. The van der Waals surface area contributed by atoms with Gasteiger partial charge in [-0.05, 0) is 31.5 Å². The number of halogens is 1. The molecule has 0 unspecified atom stereocenters. The fourth-order valence-corrected chi connectivity index (χ4v) is 3.68. The highest BCUT2D eigenvalue weighted by molar-refractivity contribution is 7.89. The normalized spacial score (nSPS) is 18.6. The summed E-state index contributed by atoms with van der Waals surface area (Å²) in [6, 6.07) is 5.89. The summed E-state index contributed by atoms with van der Waals surface area (Å²) in [5, 5.41) is 3.14. The number of hydrogen-bond donors (Lipinski definition) is 2. The minimum absolute atomic E-state index is 0.